The van der Waals surface area contributed by atoms with Gasteiger partial charge in [0, 0.05) is 17.1 Å². The maximum atomic E-state index is 11.3. The average molecular weight is 328 g/mol. The summed E-state index contributed by atoms with van der Waals surface area (Å²) in [6.45, 7) is 1.69. The molecule has 2 rings (SSSR count). The van der Waals surface area contributed by atoms with Crippen LogP contribution in [0.5, 0.6) is 0 Å². The summed E-state index contributed by atoms with van der Waals surface area (Å²) in [5.41, 5.74) is 2.42. The van der Waals surface area contributed by atoms with Gasteiger partial charge >= 0.3 is 5.97 Å². The van der Waals surface area contributed by atoms with E-state index in [4.69, 9.17) is 4.74 Å². The SMILES string of the molecule is CC(=O)CC(=O)OCCc1ccc(SCc2ccccc2)cc1. The van der Waals surface area contributed by atoms with Crippen molar-refractivity contribution < 1.29 is 14.3 Å². The Morgan fingerprint density at radius 2 is 1.65 bits per heavy atom. The summed E-state index contributed by atoms with van der Waals surface area (Å²) in [6, 6.07) is 18.6. The molecule has 0 spiro atoms. The number of carbonyl (C=O) groups excluding carboxylic acids is 2. The Bertz CT molecular complexity index is 635. The lowest BCUT2D eigenvalue weighted by molar-refractivity contribution is -0.145. The van der Waals surface area contributed by atoms with Crippen LogP contribution in [0, 0.1) is 0 Å². The number of benzene rings is 2. The van der Waals surface area contributed by atoms with Crippen LogP contribution in [0.15, 0.2) is 59.5 Å². The number of thioether (sulfide) groups is 1. The monoisotopic (exact) mass is 328 g/mol. The molecule has 0 aliphatic carbocycles. The van der Waals surface area contributed by atoms with Gasteiger partial charge in [0.15, 0.2) is 0 Å². The Kier molecular flexibility index (Phi) is 6.88. The minimum atomic E-state index is -0.451. The lowest BCUT2D eigenvalue weighted by Gasteiger charge is -2.06. The molecule has 0 bridgehead atoms. The quantitative estimate of drug-likeness (QED) is 0.417. The van der Waals surface area contributed by atoms with Gasteiger partial charge in [0.1, 0.15) is 12.2 Å². The molecule has 0 heterocycles. The summed E-state index contributed by atoms with van der Waals surface area (Å²) in [5.74, 6) is 0.324. The molecule has 0 unspecified atom stereocenters. The molecule has 0 saturated carbocycles. The predicted molar refractivity (Wildman–Crippen MR) is 92.4 cm³/mol. The zero-order valence-corrected chi connectivity index (χ0v) is 14.0. The summed E-state index contributed by atoms with van der Waals surface area (Å²) in [7, 11) is 0. The minimum Gasteiger partial charge on any atom is -0.465 e. The number of ketones is 1. The molecule has 0 fully saturated rings. The van der Waals surface area contributed by atoms with Crippen LogP contribution in [-0.4, -0.2) is 18.4 Å². The molecule has 23 heavy (non-hydrogen) atoms. The van der Waals surface area contributed by atoms with E-state index in [1.165, 1.54) is 17.4 Å². The van der Waals surface area contributed by atoms with Gasteiger partial charge in [0.2, 0.25) is 0 Å². The van der Waals surface area contributed by atoms with Gasteiger partial charge in [-0.15, -0.1) is 11.8 Å². The average Bonchev–Trinajstić information content (AvgIpc) is 2.54. The van der Waals surface area contributed by atoms with Crippen molar-refractivity contribution in [3.8, 4) is 0 Å². The normalized spacial score (nSPS) is 10.3. The molecular weight excluding hydrogens is 308 g/mol. The molecule has 2 aromatic carbocycles. The third kappa shape index (κ3) is 6.70. The van der Waals surface area contributed by atoms with Crippen molar-refractivity contribution in [2.75, 3.05) is 6.61 Å². The smallest absolute Gasteiger partial charge is 0.313 e. The highest BCUT2D eigenvalue weighted by Gasteiger charge is 2.06. The standard InChI is InChI=1S/C19H20O3S/c1-15(20)13-19(21)22-12-11-16-7-9-18(10-8-16)23-14-17-5-3-2-4-6-17/h2-10H,11-14H2,1H3. The topological polar surface area (TPSA) is 43.4 Å². The molecular formula is C19H20O3S. The number of esters is 1. The van der Waals surface area contributed by atoms with Crippen LogP contribution in [-0.2, 0) is 26.5 Å². The van der Waals surface area contributed by atoms with Crippen molar-refractivity contribution in [1.82, 2.24) is 0 Å². The molecule has 0 amide bonds. The van der Waals surface area contributed by atoms with Crippen LogP contribution in [0.3, 0.4) is 0 Å². The highest BCUT2D eigenvalue weighted by molar-refractivity contribution is 7.98. The summed E-state index contributed by atoms with van der Waals surface area (Å²) in [5, 5.41) is 0. The van der Waals surface area contributed by atoms with E-state index in [-0.39, 0.29) is 12.2 Å². The number of Topliss-reactive ketones (excluding diaryl/α,β-unsaturated/α-hetero) is 1. The van der Waals surface area contributed by atoms with Gasteiger partial charge in [-0.25, -0.2) is 0 Å². The Balaban J connectivity index is 1.74. The lowest BCUT2D eigenvalue weighted by Crippen LogP contribution is -2.10. The number of hydrogen-bond acceptors (Lipinski definition) is 4. The first kappa shape index (κ1) is 17.3. The lowest BCUT2D eigenvalue weighted by atomic mass is 10.2. The highest BCUT2D eigenvalue weighted by atomic mass is 32.2. The van der Waals surface area contributed by atoms with Crippen molar-refractivity contribution in [1.29, 1.82) is 0 Å². The van der Waals surface area contributed by atoms with E-state index in [0.717, 1.165) is 11.3 Å². The van der Waals surface area contributed by atoms with Crippen molar-refractivity contribution in [3.63, 3.8) is 0 Å². The molecule has 0 aliphatic rings. The third-order valence-corrected chi connectivity index (χ3v) is 4.30. The maximum Gasteiger partial charge on any atom is 0.313 e. The fourth-order valence-electron chi connectivity index (χ4n) is 2.03. The van der Waals surface area contributed by atoms with Crippen LogP contribution in [0.2, 0.25) is 0 Å². The first-order chi connectivity index (χ1) is 11.1. The third-order valence-electron chi connectivity index (χ3n) is 3.22. The van der Waals surface area contributed by atoms with Crippen LogP contribution < -0.4 is 0 Å². The number of carbonyl (C=O) groups is 2. The van der Waals surface area contributed by atoms with E-state index in [1.54, 1.807) is 11.8 Å². The molecule has 3 nitrogen and oxygen atoms in total. The van der Waals surface area contributed by atoms with Crippen LogP contribution in [0.1, 0.15) is 24.5 Å². The predicted octanol–water partition coefficient (Wildman–Crippen LogP) is 4.04. The van der Waals surface area contributed by atoms with Gasteiger partial charge < -0.3 is 4.74 Å². The van der Waals surface area contributed by atoms with Crippen LogP contribution >= 0.6 is 11.8 Å². The number of ether oxygens (including phenoxy) is 1. The molecule has 0 N–H and O–H groups in total. The van der Waals surface area contributed by atoms with E-state index >= 15 is 0 Å². The Labute approximate surface area is 141 Å². The zero-order chi connectivity index (χ0) is 16.5. The Hall–Kier alpha value is -2.07. The van der Waals surface area contributed by atoms with E-state index in [9.17, 15) is 9.59 Å². The first-order valence-electron chi connectivity index (χ1n) is 7.54. The second-order valence-electron chi connectivity index (χ2n) is 5.27. The largest absolute Gasteiger partial charge is 0.465 e. The second-order valence-corrected chi connectivity index (χ2v) is 6.32. The molecule has 0 aliphatic heterocycles. The van der Waals surface area contributed by atoms with Crippen LogP contribution in [0.4, 0.5) is 0 Å². The molecule has 2 aromatic rings. The van der Waals surface area contributed by atoms with Gasteiger partial charge in [-0.2, -0.15) is 0 Å². The van der Waals surface area contributed by atoms with Crippen molar-refractivity contribution in [2.45, 2.75) is 30.4 Å². The van der Waals surface area contributed by atoms with Gasteiger partial charge in [-0.1, -0.05) is 42.5 Å². The van der Waals surface area contributed by atoms with Gasteiger partial charge in [-0.05, 0) is 30.2 Å². The summed E-state index contributed by atoms with van der Waals surface area (Å²) < 4.78 is 5.03. The van der Waals surface area contributed by atoms with E-state index in [0.29, 0.717) is 13.0 Å². The first-order valence-corrected chi connectivity index (χ1v) is 8.53. The van der Waals surface area contributed by atoms with Crippen molar-refractivity contribution in [3.05, 3.63) is 65.7 Å². The molecule has 0 saturated heterocycles. The molecule has 0 radical (unpaired) electrons. The van der Waals surface area contributed by atoms with Crippen molar-refractivity contribution in [2.24, 2.45) is 0 Å². The summed E-state index contributed by atoms with van der Waals surface area (Å²) in [4.78, 5) is 23.3. The summed E-state index contributed by atoms with van der Waals surface area (Å²) >= 11 is 1.79. The fourth-order valence-corrected chi connectivity index (χ4v) is 2.88. The number of rotatable bonds is 8. The van der Waals surface area contributed by atoms with E-state index in [1.807, 2.05) is 30.3 Å². The minimum absolute atomic E-state index is 0.144. The second kappa shape index (κ2) is 9.16. The maximum absolute atomic E-state index is 11.3. The van der Waals surface area contributed by atoms with Crippen LogP contribution in [0.25, 0.3) is 0 Å². The molecule has 0 atom stereocenters. The van der Waals surface area contributed by atoms with E-state index in [2.05, 4.69) is 24.3 Å². The van der Waals surface area contributed by atoms with E-state index < -0.39 is 5.97 Å². The fraction of sp³-hybridized carbons (Fsp3) is 0.263. The molecule has 120 valence electrons. The Morgan fingerprint density at radius 1 is 0.957 bits per heavy atom. The van der Waals surface area contributed by atoms with Crippen molar-refractivity contribution >= 4 is 23.5 Å². The van der Waals surface area contributed by atoms with Gasteiger partial charge in [0.25, 0.3) is 0 Å². The zero-order valence-electron chi connectivity index (χ0n) is 13.2. The number of hydrogen-bond donors (Lipinski definition) is 0. The molecule has 4 heteroatoms. The molecule has 0 aromatic heterocycles. The Morgan fingerprint density at radius 3 is 2.30 bits per heavy atom. The van der Waals surface area contributed by atoms with Gasteiger partial charge in [0.05, 0.1) is 6.61 Å². The van der Waals surface area contributed by atoms with Gasteiger partial charge in [-0.3, -0.25) is 9.59 Å². The highest BCUT2D eigenvalue weighted by Crippen LogP contribution is 2.23. The summed E-state index contributed by atoms with van der Waals surface area (Å²) in [6.07, 6.45) is 0.516.